The van der Waals surface area contributed by atoms with Gasteiger partial charge in [-0.05, 0) is 68.4 Å². The predicted molar refractivity (Wildman–Crippen MR) is 133 cm³/mol. The van der Waals surface area contributed by atoms with Gasteiger partial charge in [0.05, 0.1) is 19.3 Å². The third-order valence-electron chi connectivity index (χ3n) is 6.65. The van der Waals surface area contributed by atoms with E-state index in [9.17, 15) is 17.6 Å². The normalized spacial score (nSPS) is 18.1. The summed E-state index contributed by atoms with van der Waals surface area (Å²) in [4.78, 5) is 0. The van der Waals surface area contributed by atoms with E-state index in [1.54, 1.807) is 6.92 Å². The molecule has 1 aliphatic heterocycles. The molecule has 0 spiro atoms. The van der Waals surface area contributed by atoms with Gasteiger partial charge in [0.15, 0.2) is 23.2 Å². The molecule has 2 atom stereocenters. The molecule has 6 heteroatoms. The Morgan fingerprint density at radius 1 is 0.833 bits per heavy atom. The van der Waals surface area contributed by atoms with Gasteiger partial charge in [0.1, 0.15) is 0 Å². The van der Waals surface area contributed by atoms with Crippen molar-refractivity contribution < 1.29 is 27.0 Å². The Labute approximate surface area is 209 Å². The molecule has 1 heterocycles. The van der Waals surface area contributed by atoms with E-state index in [0.29, 0.717) is 18.9 Å². The quantitative estimate of drug-likeness (QED) is 0.232. The molecule has 4 rings (SSSR count). The molecule has 0 radical (unpaired) electrons. The molecule has 3 aromatic rings. The Kier molecular flexibility index (Phi) is 8.47. The average molecular weight is 499 g/mol. The summed E-state index contributed by atoms with van der Waals surface area (Å²) >= 11 is 0. The van der Waals surface area contributed by atoms with Crippen molar-refractivity contribution in [1.29, 1.82) is 0 Å². The van der Waals surface area contributed by atoms with Crippen molar-refractivity contribution in [3.63, 3.8) is 0 Å². The van der Waals surface area contributed by atoms with E-state index in [2.05, 4.69) is 18.2 Å². The lowest BCUT2D eigenvalue weighted by atomic mass is 9.90. The van der Waals surface area contributed by atoms with E-state index in [1.807, 2.05) is 25.1 Å². The van der Waals surface area contributed by atoms with Crippen LogP contribution in [0.25, 0.3) is 11.1 Å². The van der Waals surface area contributed by atoms with Crippen LogP contribution in [-0.4, -0.2) is 19.3 Å². The number of benzene rings is 3. The Balaban J connectivity index is 1.42. The zero-order valence-corrected chi connectivity index (χ0v) is 20.5. The fraction of sp³-hybridized carbons (Fsp3) is 0.333. The van der Waals surface area contributed by atoms with E-state index in [1.165, 1.54) is 29.8 Å². The van der Waals surface area contributed by atoms with Crippen LogP contribution >= 0.6 is 0 Å². The van der Waals surface area contributed by atoms with Crippen LogP contribution in [0, 0.1) is 23.3 Å². The first-order chi connectivity index (χ1) is 17.4. The van der Waals surface area contributed by atoms with Crippen molar-refractivity contribution in [3.8, 4) is 16.9 Å². The second-order valence-electron chi connectivity index (χ2n) is 8.99. The fourth-order valence-corrected chi connectivity index (χ4v) is 4.63. The minimum Gasteiger partial charge on any atom is -0.491 e. The zero-order valence-electron chi connectivity index (χ0n) is 20.5. The molecular formula is C30H30F4O2. The largest absolute Gasteiger partial charge is 0.491 e. The summed E-state index contributed by atoms with van der Waals surface area (Å²) in [7, 11) is 0. The lowest BCUT2D eigenvalue weighted by molar-refractivity contribution is 0.0326. The molecule has 3 aromatic carbocycles. The number of ether oxygens (including phenoxy) is 2. The third kappa shape index (κ3) is 5.65. The third-order valence-corrected chi connectivity index (χ3v) is 6.65. The number of hydrogen-bond acceptors (Lipinski definition) is 2. The standard InChI is InChI=1S/C30H30F4O2/c1-3-5-23-14-12-22(18-36-23)20-9-6-19(7-10-20)8-11-21-13-15-24(28(32)27(21)31)25-16-17-26(35-4-2)30(34)29(25)33/h3,5-7,9-10,13,15-17,22-23H,4,8,11-12,14,18H2,1-2H3. The maximum atomic E-state index is 14.9. The maximum absolute atomic E-state index is 14.9. The molecule has 0 aromatic heterocycles. The average Bonchev–Trinajstić information content (AvgIpc) is 2.89. The fourth-order valence-electron chi connectivity index (χ4n) is 4.63. The summed E-state index contributed by atoms with van der Waals surface area (Å²) in [6.45, 7) is 4.47. The van der Waals surface area contributed by atoms with E-state index < -0.39 is 23.3 Å². The minimum absolute atomic E-state index is 0.155. The summed E-state index contributed by atoms with van der Waals surface area (Å²) in [6.07, 6.45) is 7.14. The predicted octanol–water partition coefficient (Wildman–Crippen LogP) is 7.93. The number of rotatable bonds is 8. The highest BCUT2D eigenvalue weighted by molar-refractivity contribution is 5.66. The summed E-state index contributed by atoms with van der Waals surface area (Å²) in [5.41, 5.74) is 1.72. The van der Waals surface area contributed by atoms with Crippen LogP contribution in [0.4, 0.5) is 17.6 Å². The van der Waals surface area contributed by atoms with Crippen molar-refractivity contribution in [2.24, 2.45) is 0 Å². The van der Waals surface area contributed by atoms with Gasteiger partial charge in [0, 0.05) is 17.0 Å². The number of aryl methyl sites for hydroxylation is 2. The molecule has 1 fully saturated rings. The molecule has 1 aliphatic rings. The van der Waals surface area contributed by atoms with E-state index >= 15 is 0 Å². The summed E-state index contributed by atoms with van der Waals surface area (Å²) < 4.78 is 69.4. The van der Waals surface area contributed by atoms with Crippen molar-refractivity contribution in [1.82, 2.24) is 0 Å². The molecule has 36 heavy (non-hydrogen) atoms. The minimum atomic E-state index is -1.27. The first-order valence-corrected chi connectivity index (χ1v) is 12.3. The second-order valence-corrected chi connectivity index (χ2v) is 8.99. The van der Waals surface area contributed by atoms with Crippen molar-refractivity contribution >= 4 is 0 Å². The molecule has 0 bridgehead atoms. The van der Waals surface area contributed by atoms with E-state index in [0.717, 1.165) is 18.4 Å². The molecule has 0 saturated carbocycles. The van der Waals surface area contributed by atoms with Crippen molar-refractivity contribution in [2.75, 3.05) is 13.2 Å². The van der Waals surface area contributed by atoms with Crippen molar-refractivity contribution in [2.45, 2.75) is 51.6 Å². The summed E-state index contributed by atoms with van der Waals surface area (Å²) in [6, 6.07) is 13.3. The van der Waals surface area contributed by atoms with Crippen LogP contribution < -0.4 is 4.74 Å². The molecule has 0 amide bonds. The lowest BCUT2D eigenvalue weighted by Gasteiger charge is -2.27. The van der Waals surface area contributed by atoms with Crippen LogP contribution in [0.5, 0.6) is 5.75 Å². The smallest absolute Gasteiger partial charge is 0.201 e. The van der Waals surface area contributed by atoms with Gasteiger partial charge in [-0.25, -0.2) is 13.2 Å². The van der Waals surface area contributed by atoms with E-state index in [4.69, 9.17) is 9.47 Å². The summed E-state index contributed by atoms with van der Waals surface area (Å²) in [5, 5.41) is 0. The second kappa shape index (κ2) is 11.7. The Morgan fingerprint density at radius 2 is 1.53 bits per heavy atom. The Bertz CT molecular complexity index is 1210. The van der Waals surface area contributed by atoms with Gasteiger partial charge in [-0.2, -0.15) is 4.39 Å². The highest BCUT2D eigenvalue weighted by atomic mass is 19.2. The monoisotopic (exact) mass is 498 g/mol. The van der Waals surface area contributed by atoms with Crippen molar-refractivity contribution in [3.05, 3.63) is 101 Å². The van der Waals surface area contributed by atoms with Crippen LogP contribution in [0.1, 0.15) is 49.3 Å². The molecule has 0 aliphatic carbocycles. The van der Waals surface area contributed by atoms with Gasteiger partial charge in [-0.15, -0.1) is 0 Å². The molecule has 0 N–H and O–H groups in total. The molecular weight excluding hydrogens is 468 g/mol. The van der Waals surface area contributed by atoms with Gasteiger partial charge >= 0.3 is 0 Å². The highest BCUT2D eigenvalue weighted by Crippen LogP contribution is 2.33. The topological polar surface area (TPSA) is 18.5 Å². The Hall–Kier alpha value is -3.12. The van der Waals surface area contributed by atoms with Gasteiger partial charge < -0.3 is 9.47 Å². The van der Waals surface area contributed by atoms with Gasteiger partial charge in [0.25, 0.3) is 0 Å². The molecule has 1 saturated heterocycles. The molecule has 2 unspecified atom stereocenters. The number of hydrogen-bond donors (Lipinski definition) is 0. The lowest BCUT2D eigenvalue weighted by Crippen LogP contribution is -2.23. The van der Waals surface area contributed by atoms with Crippen LogP contribution in [0.2, 0.25) is 0 Å². The number of allylic oxidation sites excluding steroid dienone is 1. The maximum Gasteiger partial charge on any atom is 0.201 e. The van der Waals surface area contributed by atoms with E-state index in [-0.39, 0.29) is 41.6 Å². The first kappa shape index (κ1) is 26.0. The first-order valence-electron chi connectivity index (χ1n) is 12.3. The molecule has 190 valence electrons. The van der Waals surface area contributed by atoms with Crippen LogP contribution in [0.15, 0.2) is 60.7 Å². The zero-order chi connectivity index (χ0) is 25.7. The number of halogens is 4. The Morgan fingerprint density at radius 3 is 2.17 bits per heavy atom. The highest BCUT2D eigenvalue weighted by Gasteiger charge is 2.22. The SMILES string of the molecule is CC=CC1CCC(c2ccc(CCc3ccc(-c4ccc(OCC)c(F)c4F)c(F)c3F)cc2)CO1. The van der Waals surface area contributed by atoms with Gasteiger partial charge in [0.2, 0.25) is 5.82 Å². The molecule has 2 nitrogen and oxygen atoms in total. The van der Waals surface area contributed by atoms with Crippen LogP contribution in [-0.2, 0) is 17.6 Å². The van der Waals surface area contributed by atoms with Gasteiger partial charge in [-0.1, -0.05) is 48.6 Å². The summed E-state index contributed by atoms with van der Waals surface area (Å²) in [5.74, 6) is -4.65. The van der Waals surface area contributed by atoms with Gasteiger partial charge in [-0.3, -0.25) is 0 Å². The van der Waals surface area contributed by atoms with Crippen LogP contribution in [0.3, 0.4) is 0 Å².